The minimum Gasteiger partial charge on any atom is -0.308 e. The lowest BCUT2D eigenvalue weighted by Gasteiger charge is -2.39. The smallest absolute Gasteiger partial charge is 0.262 e. The van der Waals surface area contributed by atoms with Crippen molar-refractivity contribution in [2.75, 3.05) is 40.3 Å². The Morgan fingerprint density at radius 1 is 1.22 bits per heavy atom. The fraction of sp³-hybridized carbons (Fsp3) is 0.667. The maximum Gasteiger partial charge on any atom is 0.262 e. The van der Waals surface area contributed by atoms with Crippen LogP contribution < -0.4 is 0 Å². The summed E-state index contributed by atoms with van der Waals surface area (Å²) < 4.78 is 55.1. The Kier molecular flexibility index (Phi) is 6.13. The number of sulfonamides is 1. The van der Waals surface area contributed by atoms with Gasteiger partial charge in [0.2, 0.25) is 10.0 Å². The van der Waals surface area contributed by atoms with E-state index in [0.29, 0.717) is 32.5 Å². The summed E-state index contributed by atoms with van der Waals surface area (Å²) in [6.45, 7) is 0.963. The topological polar surface area (TPSA) is 43.9 Å². The standard InChI is InChI=1S/C18H26ClF2N3O2S/c1-22(2)12-15-11-18(20,21)13-24(15)14-7-9-23(10-8-14)27(25,26)17-6-4-3-5-16(17)19/h3-6,14-15H,7-13H2,1-2H3/t15-/m0/s1. The largest absolute Gasteiger partial charge is 0.308 e. The molecule has 3 rings (SSSR count). The zero-order valence-corrected chi connectivity index (χ0v) is 17.2. The summed E-state index contributed by atoms with van der Waals surface area (Å²) in [6.07, 6.45) is 0.955. The van der Waals surface area contributed by atoms with Gasteiger partial charge in [-0.15, -0.1) is 0 Å². The number of alkyl halides is 2. The molecule has 0 unspecified atom stereocenters. The summed E-state index contributed by atoms with van der Waals surface area (Å²) in [4.78, 5) is 3.92. The van der Waals surface area contributed by atoms with Crippen molar-refractivity contribution < 1.29 is 17.2 Å². The van der Waals surface area contributed by atoms with E-state index in [9.17, 15) is 17.2 Å². The quantitative estimate of drug-likeness (QED) is 0.733. The van der Waals surface area contributed by atoms with Crippen LogP contribution in [0, 0.1) is 0 Å². The van der Waals surface area contributed by atoms with E-state index in [1.807, 2.05) is 23.9 Å². The normalized spacial score (nSPS) is 25.3. The molecule has 1 aromatic carbocycles. The van der Waals surface area contributed by atoms with Crippen LogP contribution in [0.5, 0.6) is 0 Å². The third-order valence-corrected chi connectivity index (χ3v) is 7.74. The van der Waals surface area contributed by atoms with Gasteiger partial charge in [0.1, 0.15) is 4.90 Å². The monoisotopic (exact) mass is 421 g/mol. The second kappa shape index (κ2) is 7.91. The maximum absolute atomic E-state index is 14.0. The van der Waals surface area contributed by atoms with Crippen molar-refractivity contribution in [2.45, 2.75) is 42.2 Å². The Balaban J connectivity index is 1.69. The van der Waals surface area contributed by atoms with E-state index < -0.39 is 15.9 Å². The third kappa shape index (κ3) is 4.62. The lowest BCUT2D eigenvalue weighted by Crippen LogP contribution is -2.50. The summed E-state index contributed by atoms with van der Waals surface area (Å²) in [7, 11) is 0.0962. The predicted octanol–water partition coefficient (Wildman–Crippen LogP) is 2.76. The molecule has 0 saturated carbocycles. The number of halogens is 3. The molecule has 1 atom stereocenters. The maximum atomic E-state index is 14.0. The number of hydrogen-bond donors (Lipinski definition) is 0. The number of rotatable bonds is 5. The molecule has 1 aromatic rings. The molecule has 0 spiro atoms. The van der Waals surface area contributed by atoms with E-state index in [-0.39, 0.29) is 35.0 Å². The van der Waals surface area contributed by atoms with Gasteiger partial charge in [-0.25, -0.2) is 17.2 Å². The Bertz CT molecular complexity index is 768. The first kappa shape index (κ1) is 20.9. The molecule has 2 aliphatic rings. The summed E-state index contributed by atoms with van der Waals surface area (Å²) in [5.74, 6) is -2.68. The van der Waals surface area contributed by atoms with Gasteiger partial charge in [-0.05, 0) is 39.1 Å². The van der Waals surface area contributed by atoms with Crippen LogP contribution in [-0.2, 0) is 10.0 Å². The highest BCUT2D eigenvalue weighted by Crippen LogP contribution is 2.36. The molecule has 0 bridgehead atoms. The minimum atomic E-state index is -3.67. The Morgan fingerprint density at radius 3 is 2.44 bits per heavy atom. The first-order chi connectivity index (χ1) is 12.6. The molecular weight excluding hydrogens is 396 g/mol. The van der Waals surface area contributed by atoms with E-state index in [1.54, 1.807) is 18.2 Å². The molecule has 0 aromatic heterocycles. The third-order valence-electron chi connectivity index (χ3n) is 5.34. The van der Waals surface area contributed by atoms with Crippen LogP contribution in [0.3, 0.4) is 0 Å². The summed E-state index contributed by atoms with van der Waals surface area (Å²) >= 11 is 6.06. The van der Waals surface area contributed by atoms with Crippen molar-refractivity contribution in [3.05, 3.63) is 29.3 Å². The van der Waals surface area contributed by atoms with Crippen molar-refractivity contribution >= 4 is 21.6 Å². The van der Waals surface area contributed by atoms with Crippen molar-refractivity contribution in [1.82, 2.24) is 14.1 Å². The number of likely N-dealkylation sites (N-methyl/N-ethyl adjacent to an activating group) is 1. The van der Waals surface area contributed by atoms with E-state index in [4.69, 9.17) is 11.6 Å². The SMILES string of the molecule is CN(C)C[C@@H]1CC(F)(F)CN1C1CCN(S(=O)(=O)c2ccccc2Cl)CC1. The van der Waals surface area contributed by atoms with Crippen LogP contribution >= 0.6 is 11.6 Å². The molecule has 5 nitrogen and oxygen atoms in total. The molecule has 9 heteroatoms. The van der Waals surface area contributed by atoms with Crippen LogP contribution in [-0.4, -0.2) is 80.8 Å². The van der Waals surface area contributed by atoms with Crippen LogP contribution in [0.2, 0.25) is 5.02 Å². The minimum absolute atomic E-state index is 0.0268. The lowest BCUT2D eigenvalue weighted by molar-refractivity contribution is 0.00468. The van der Waals surface area contributed by atoms with Crippen LogP contribution in [0.15, 0.2) is 29.2 Å². The van der Waals surface area contributed by atoms with Gasteiger partial charge in [0.15, 0.2) is 0 Å². The number of likely N-dealkylation sites (tertiary alicyclic amines) is 1. The Morgan fingerprint density at radius 2 is 1.85 bits per heavy atom. The highest BCUT2D eigenvalue weighted by Gasteiger charge is 2.48. The molecule has 2 aliphatic heterocycles. The first-order valence-electron chi connectivity index (χ1n) is 9.13. The summed E-state index contributed by atoms with van der Waals surface area (Å²) in [5, 5.41) is 0.199. The van der Waals surface area contributed by atoms with Crippen molar-refractivity contribution in [1.29, 1.82) is 0 Å². The highest BCUT2D eigenvalue weighted by atomic mass is 35.5. The summed E-state index contributed by atoms with van der Waals surface area (Å²) in [6, 6.07) is 6.15. The Hall–Kier alpha value is -0.800. The molecule has 2 heterocycles. The molecule has 0 aliphatic carbocycles. The molecule has 0 N–H and O–H groups in total. The number of piperidine rings is 1. The van der Waals surface area contributed by atoms with Gasteiger partial charge in [-0.3, -0.25) is 4.90 Å². The van der Waals surface area contributed by atoms with Crippen molar-refractivity contribution in [3.63, 3.8) is 0 Å². The highest BCUT2D eigenvalue weighted by molar-refractivity contribution is 7.89. The lowest BCUT2D eigenvalue weighted by atomic mass is 10.0. The first-order valence-corrected chi connectivity index (χ1v) is 10.9. The fourth-order valence-electron chi connectivity index (χ4n) is 4.15. The second-order valence-electron chi connectivity index (χ2n) is 7.71. The zero-order valence-electron chi connectivity index (χ0n) is 15.6. The van der Waals surface area contributed by atoms with Crippen LogP contribution in [0.4, 0.5) is 8.78 Å². The summed E-state index contributed by atoms with van der Waals surface area (Å²) in [5.41, 5.74) is 0. The van der Waals surface area contributed by atoms with E-state index in [1.165, 1.54) is 10.4 Å². The fourth-order valence-corrected chi connectivity index (χ4v) is 6.11. The van der Waals surface area contributed by atoms with E-state index in [2.05, 4.69) is 0 Å². The van der Waals surface area contributed by atoms with Gasteiger partial charge in [0.25, 0.3) is 5.92 Å². The predicted molar refractivity (Wildman–Crippen MR) is 102 cm³/mol. The van der Waals surface area contributed by atoms with Crippen LogP contribution in [0.25, 0.3) is 0 Å². The van der Waals surface area contributed by atoms with Gasteiger partial charge in [0, 0.05) is 38.1 Å². The number of nitrogens with zero attached hydrogens (tertiary/aromatic N) is 3. The van der Waals surface area contributed by atoms with Crippen LogP contribution in [0.1, 0.15) is 19.3 Å². The van der Waals surface area contributed by atoms with E-state index in [0.717, 1.165) is 0 Å². The Labute approximate surface area is 164 Å². The average Bonchev–Trinajstić information content (AvgIpc) is 2.89. The molecule has 0 amide bonds. The second-order valence-corrected chi connectivity index (χ2v) is 10.0. The van der Waals surface area contributed by atoms with Gasteiger partial charge < -0.3 is 4.90 Å². The molecule has 2 saturated heterocycles. The average molecular weight is 422 g/mol. The van der Waals surface area contributed by atoms with E-state index >= 15 is 0 Å². The van der Waals surface area contributed by atoms with Gasteiger partial charge in [0.05, 0.1) is 11.6 Å². The molecule has 0 radical (unpaired) electrons. The molecular formula is C18H26ClF2N3O2S. The van der Waals surface area contributed by atoms with Gasteiger partial charge in [-0.2, -0.15) is 4.31 Å². The van der Waals surface area contributed by atoms with Crippen molar-refractivity contribution in [2.24, 2.45) is 0 Å². The molecule has 2 fully saturated rings. The zero-order chi connectivity index (χ0) is 19.8. The van der Waals surface area contributed by atoms with Gasteiger partial charge >= 0.3 is 0 Å². The van der Waals surface area contributed by atoms with Crippen molar-refractivity contribution in [3.8, 4) is 0 Å². The molecule has 152 valence electrons. The molecule has 27 heavy (non-hydrogen) atoms. The number of benzene rings is 1. The number of hydrogen-bond acceptors (Lipinski definition) is 4. The van der Waals surface area contributed by atoms with Gasteiger partial charge in [-0.1, -0.05) is 23.7 Å².